The summed E-state index contributed by atoms with van der Waals surface area (Å²) in [5.74, 6) is 0.939. The van der Waals surface area contributed by atoms with E-state index in [1.807, 2.05) is 25.1 Å². The fourth-order valence-electron chi connectivity index (χ4n) is 0.960. The highest BCUT2D eigenvalue weighted by atomic mass is 35.5. The van der Waals surface area contributed by atoms with Gasteiger partial charge in [0.2, 0.25) is 0 Å². The zero-order valence-electron chi connectivity index (χ0n) is 8.13. The van der Waals surface area contributed by atoms with Gasteiger partial charge in [0.15, 0.2) is 0 Å². The van der Waals surface area contributed by atoms with E-state index in [-0.39, 0.29) is 0 Å². The van der Waals surface area contributed by atoms with Crippen LogP contribution in [0.5, 0.6) is 0 Å². The highest BCUT2D eigenvalue weighted by Gasteiger charge is 1.98. The average Bonchev–Trinajstić information content (AvgIpc) is 2.18. The molecule has 0 heterocycles. The average molecular weight is 232 g/mol. The Morgan fingerprint density at radius 2 is 2.29 bits per heavy atom. The van der Waals surface area contributed by atoms with Crippen molar-refractivity contribution in [1.29, 1.82) is 0 Å². The minimum Gasteiger partial charge on any atom is -0.398 e. The Morgan fingerprint density at radius 3 is 2.93 bits per heavy atom. The van der Waals surface area contributed by atoms with Crippen molar-refractivity contribution in [2.45, 2.75) is 11.8 Å². The summed E-state index contributed by atoms with van der Waals surface area (Å²) in [6.07, 6.45) is 0. The third-order valence-electron chi connectivity index (χ3n) is 1.67. The predicted molar refractivity (Wildman–Crippen MR) is 63.1 cm³/mol. The quantitative estimate of drug-likeness (QED) is 0.481. The fourth-order valence-corrected chi connectivity index (χ4v) is 2.01. The van der Waals surface area contributed by atoms with E-state index in [2.05, 4.69) is 0 Å². The molecule has 0 amide bonds. The molecule has 0 radical (unpaired) electrons. The van der Waals surface area contributed by atoms with Crippen molar-refractivity contribution in [2.75, 3.05) is 24.7 Å². The van der Waals surface area contributed by atoms with Gasteiger partial charge in [-0.2, -0.15) is 0 Å². The number of halogens is 1. The van der Waals surface area contributed by atoms with Crippen LogP contribution in [0.3, 0.4) is 0 Å². The summed E-state index contributed by atoms with van der Waals surface area (Å²) in [6.45, 7) is 3.52. The molecule has 0 aliphatic rings. The Morgan fingerprint density at radius 1 is 1.50 bits per heavy atom. The van der Waals surface area contributed by atoms with Crippen LogP contribution in [-0.4, -0.2) is 19.0 Å². The molecule has 0 spiro atoms. The molecule has 0 aliphatic heterocycles. The number of hydrogen-bond acceptors (Lipinski definition) is 3. The van der Waals surface area contributed by atoms with Gasteiger partial charge in [-0.05, 0) is 25.1 Å². The molecule has 14 heavy (non-hydrogen) atoms. The van der Waals surface area contributed by atoms with E-state index < -0.39 is 0 Å². The topological polar surface area (TPSA) is 35.2 Å². The first-order valence-corrected chi connectivity index (χ1v) is 5.86. The van der Waals surface area contributed by atoms with Gasteiger partial charge in [0.25, 0.3) is 0 Å². The number of hydrogen-bond donors (Lipinski definition) is 1. The third-order valence-corrected chi connectivity index (χ3v) is 2.96. The van der Waals surface area contributed by atoms with Crippen molar-refractivity contribution in [3.8, 4) is 0 Å². The second-order valence-corrected chi connectivity index (χ2v) is 4.30. The largest absolute Gasteiger partial charge is 0.398 e. The lowest BCUT2D eigenvalue weighted by Crippen LogP contribution is -1.95. The summed E-state index contributed by atoms with van der Waals surface area (Å²) in [6, 6.07) is 5.68. The molecule has 0 atom stereocenters. The van der Waals surface area contributed by atoms with E-state index >= 15 is 0 Å². The van der Waals surface area contributed by atoms with Crippen LogP contribution in [-0.2, 0) is 4.74 Å². The highest BCUT2D eigenvalue weighted by molar-refractivity contribution is 7.99. The Bertz CT molecular complexity index is 293. The molecule has 1 rings (SSSR count). The summed E-state index contributed by atoms with van der Waals surface area (Å²) in [5.41, 5.74) is 6.22. The molecule has 0 aliphatic carbocycles. The minimum absolute atomic E-state index is 0.617. The maximum absolute atomic E-state index is 5.88. The van der Waals surface area contributed by atoms with Gasteiger partial charge in [-0.15, -0.1) is 11.8 Å². The van der Waals surface area contributed by atoms with E-state index in [1.54, 1.807) is 11.8 Å². The number of nitrogen functional groups attached to an aromatic ring is 1. The van der Waals surface area contributed by atoms with Crippen LogP contribution in [0.4, 0.5) is 5.69 Å². The zero-order chi connectivity index (χ0) is 10.4. The van der Waals surface area contributed by atoms with Gasteiger partial charge >= 0.3 is 0 Å². The van der Waals surface area contributed by atoms with Crippen LogP contribution in [0, 0.1) is 0 Å². The van der Waals surface area contributed by atoms with Gasteiger partial charge in [-0.3, -0.25) is 0 Å². The lowest BCUT2D eigenvalue weighted by Gasteiger charge is -2.03. The van der Waals surface area contributed by atoms with Crippen molar-refractivity contribution in [3.05, 3.63) is 23.2 Å². The molecular formula is C10H14ClNOS. The van der Waals surface area contributed by atoms with Crippen LogP contribution in [0.1, 0.15) is 6.92 Å². The smallest absolute Gasteiger partial charge is 0.0646 e. The second-order valence-electron chi connectivity index (χ2n) is 2.73. The molecule has 0 aromatic heterocycles. The first-order chi connectivity index (χ1) is 6.74. The second kappa shape index (κ2) is 6.17. The summed E-state index contributed by atoms with van der Waals surface area (Å²) < 4.78 is 5.23. The number of rotatable bonds is 5. The molecule has 2 nitrogen and oxygen atoms in total. The summed E-state index contributed by atoms with van der Waals surface area (Å²) in [4.78, 5) is 1.13. The Labute approximate surface area is 93.8 Å². The number of ether oxygens (including phenoxy) is 1. The molecule has 0 fully saturated rings. The van der Waals surface area contributed by atoms with Crippen LogP contribution in [0.25, 0.3) is 0 Å². The van der Waals surface area contributed by atoms with Gasteiger partial charge in [0.05, 0.1) is 17.3 Å². The van der Waals surface area contributed by atoms with Gasteiger partial charge < -0.3 is 10.5 Å². The first kappa shape index (κ1) is 11.7. The molecule has 4 heteroatoms. The SMILES string of the molecule is CCOCCSc1ccc(N)c(Cl)c1. The van der Waals surface area contributed by atoms with Crippen molar-refractivity contribution in [2.24, 2.45) is 0 Å². The van der Waals surface area contributed by atoms with Crippen LogP contribution >= 0.6 is 23.4 Å². The third kappa shape index (κ3) is 3.78. The van der Waals surface area contributed by atoms with E-state index in [1.165, 1.54) is 0 Å². The molecule has 0 unspecified atom stereocenters. The lowest BCUT2D eigenvalue weighted by atomic mass is 10.3. The highest BCUT2D eigenvalue weighted by Crippen LogP contribution is 2.25. The predicted octanol–water partition coefficient (Wildman–Crippen LogP) is 3.05. The molecule has 0 saturated carbocycles. The molecule has 1 aromatic rings. The van der Waals surface area contributed by atoms with Gasteiger partial charge in [-0.1, -0.05) is 11.6 Å². The molecule has 0 saturated heterocycles. The van der Waals surface area contributed by atoms with E-state index in [0.29, 0.717) is 10.7 Å². The monoisotopic (exact) mass is 231 g/mol. The fraction of sp³-hybridized carbons (Fsp3) is 0.400. The van der Waals surface area contributed by atoms with Gasteiger partial charge in [-0.25, -0.2) is 0 Å². The van der Waals surface area contributed by atoms with Crippen LogP contribution < -0.4 is 5.73 Å². The number of nitrogens with two attached hydrogens (primary N) is 1. The maximum Gasteiger partial charge on any atom is 0.0646 e. The lowest BCUT2D eigenvalue weighted by molar-refractivity contribution is 0.164. The Balaban J connectivity index is 2.39. The summed E-state index contributed by atoms with van der Waals surface area (Å²) >= 11 is 7.60. The normalized spacial score (nSPS) is 10.4. The number of benzene rings is 1. The van der Waals surface area contributed by atoms with Crippen molar-refractivity contribution in [1.82, 2.24) is 0 Å². The molecule has 1 aromatic carbocycles. The first-order valence-electron chi connectivity index (χ1n) is 4.49. The van der Waals surface area contributed by atoms with Crippen LogP contribution in [0.15, 0.2) is 23.1 Å². The van der Waals surface area contributed by atoms with Gasteiger partial charge in [0, 0.05) is 17.3 Å². The van der Waals surface area contributed by atoms with E-state index in [0.717, 1.165) is 23.9 Å². The minimum atomic E-state index is 0.617. The Hall–Kier alpha value is -0.380. The molecule has 78 valence electrons. The molecular weight excluding hydrogens is 218 g/mol. The van der Waals surface area contributed by atoms with Crippen molar-refractivity contribution < 1.29 is 4.74 Å². The zero-order valence-corrected chi connectivity index (χ0v) is 9.70. The van der Waals surface area contributed by atoms with Crippen LogP contribution in [0.2, 0.25) is 5.02 Å². The maximum atomic E-state index is 5.88. The Kier molecular flexibility index (Phi) is 5.15. The number of thioether (sulfide) groups is 1. The summed E-state index contributed by atoms with van der Waals surface area (Å²) in [5, 5.41) is 0.617. The summed E-state index contributed by atoms with van der Waals surface area (Å²) in [7, 11) is 0. The van der Waals surface area contributed by atoms with E-state index in [9.17, 15) is 0 Å². The molecule has 0 bridgehead atoms. The van der Waals surface area contributed by atoms with Crippen molar-refractivity contribution >= 4 is 29.1 Å². The van der Waals surface area contributed by atoms with Crippen molar-refractivity contribution in [3.63, 3.8) is 0 Å². The standard InChI is InChI=1S/C10H14ClNOS/c1-2-13-5-6-14-8-3-4-10(12)9(11)7-8/h3-4,7H,2,5-6,12H2,1H3. The van der Waals surface area contributed by atoms with Gasteiger partial charge in [0.1, 0.15) is 0 Å². The van der Waals surface area contributed by atoms with E-state index in [4.69, 9.17) is 22.1 Å². The number of anilines is 1. The molecule has 2 N–H and O–H groups in total.